The molecule has 4 aliphatic carbocycles. The summed E-state index contributed by atoms with van der Waals surface area (Å²) in [6.07, 6.45) is -9.03. The van der Waals surface area contributed by atoms with Gasteiger partial charge in [-0.15, -0.1) is 0 Å². The Labute approximate surface area is 290 Å². The molecule has 3 aliphatic heterocycles. The Balaban J connectivity index is 1.02. The average molecular weight is 713 g/mol. The molecule has 7 aliphatic rings. The highest BCUT2D eigenvalue weighted by Gasteiger charge is 2.71. The first-order valence-electron chi connectivity index (χ1n) is 18.1. The van der Waals surface area contributed by atoms with Gasteiger partial charge in [0, 0.05) is 22.8 Å². The lowest BCUT2D eigenvalue weighted by Gasteiger charge is -2.64. The molecule has 7 rings (SSSR count). The molecular formula is C35H52O15. The summed E-state index contributed by atoms with van der Waals surface area (Å²) in [4.78, 5) is 25.0. The number of aldehydes is 1. The Bertz CT molecular complexity index is 1330. The van der Waals surface area contributed by atoms with E-state index in [0.717, 1.165) is 11.9 Å². The Morgan fingerprint density at radius 3 is 2.32 bits per heavy atom. The molecule has 282 valence electrons. The number of aliphatic hydroxyl groups excluding tert-OH is 7. The summed E-state index contributed by atoms with van der Waals surface area (Å²) in [5.74, 6) is -1.41. The second-order valence-electron chi connectivity index (χ2n) is 16.2. The van der Waals surface area contributed by atoms with Gasteiger partial charge in [0.1, 0.15) is 55.6 Å². The SMILES string of the molecule is C[C@@H]1O[C@@H](O[C@H]2CC[C@@]3(C=O)[C@H](CC[C@@H]4[C@@H]3[C@H](O)C[C@]3(C)[C@@H](C5=CC(=O)OC5)CC[C@]43O)C2)[C@@H](O)[C@H](O)[C@H]1O[C@@H]1O[C@H](CO)[C@@H](O)[C@H](O)[C@H]1O. The van der Waals surface area contributed by atoms with E-state index >= 15 is 0 Å². The molecule has 3 heterocycles. The standard InChI is InChI=1S/C35H52O15/c1-15-30(50-32-28(43)26(41)25(40)22(12-36)49-32)27(42)29(44)31(47-15)48-18-5-7-34(14-37)17(10-18)3-4-20-24(34)21(38)11-33(2)19(6-8-35(20,33)45)16-9-23(39)46-13-16/h9,14-15,17-22,24-32,36,38,40-45H,3-8,10-13H2,1-2H3/t15-,17+,18-,19+,20+,21+,22+,24+,25+,26-,27-,28+,29-,30-,31-,32-,33+,34+,35-/m0/s1. The Morgan fingerprint density at radius 2 is 1.64 bits per heavy atom. The molecule has 0 spiro atoms. The van der Waals surface area contributed by atoms with E-state index < -0.39 is 103 Å². The topological polar surface area (TPSA) is 242 Å². The van der Waals surface area contributed by atoms with Gasteiger partial charge < -0.3 is 69.3 Å². The third-order valence-corrected chi connectivity index (χ3v) is 13.9. The number of esters is 1. The molecule has 4 saturated carbocycles. The number of rotatable bonds is 7. The first-order valence-corrected chi connectivity index (χ1v) is 18.1. The third kappa shape index (κ3) is 5.54. The van der Waals surface area contributed by atoms with Crippen LogP contribution in [-0.2, 0) is 33.3 Å². The van der Waals surface area contributed by atoms with E-state index in [2.05, 4.69) is 0 Å². The summed E-state index contributed by atoms with van der Waals surface area (Å²) in [5, 5.41) is 86.5. The maximum atomic E-state index is 13.2. The van der Waals surface area contributed by atoms with Crippen LogP contribution in [0.15, 0.2) is 11.6 Å². The fourth-order valence-electron chi connectivity index (χ4n) is 11.3. The minimum Gasteiger partial charge on any atom is -0.458 e. The molecule has 0 amide bonds. The molecule has 50 heavy (non-hydrogen) atoms. The van der Waals surface area contributed by atoms with Crippen LogP contribution in [0, 0.1) is 34.5 Å². The third-order valence-electron chi connectivity index (χ3n) is 13.9. The number of hydrogen-bond donors (Lipinski definition) is 8. The van der Waals surface area contributed by atoms with E-state index in [-0.39, 0.29) is 30.3 Å². The fourth-order valence-corrected chi connectivity index (χ4v) is 11.3. The highest BCUT2D eigenvalue weighted by Crippen LogP contribution is 2.69. The van der Waals surface area contributed by atoms with Gasteiger partial charge in [0.05, 0.1) is 30.5 Å². The van der Waals surface area contributed by atoms with E-state index in [1.807, 2.05) is 6.92 Å². The molecule has 0 radical (unpaired) electrons. The zero-order valence-electron chi connectivity index (χ0n) is 28.4. The smallest absolute Gasteiger partial charge is 0.331 e. The van der Waals surface area contributed by atoms with Crippen molar-refractivity contribution in [3.05, 3.63) is 11.6 Å². The highest BCUT2D eigenvalue weighted by atomic mass is 16.7. The number of cyclic esters (lactones) is 1. The van der Waals surface area contributed by atoms with Crippen LogP contribution in [-0.4, -0.2) is 146 Å². The molecule has 6 fully saturated rings. The molecule has 15 nitrogen and oxygen atoms in total. The summed E-state index contributed by atoms with van der Waals surface area (Å²) in [6, 6.07) is 0. The summed E-state index contributed by atoms with van der Waals surface area (Å²) < 4.78 is 28.5. The molecule has 8 N–H and O–H groups in total. The van der Waals surface area contributed by atoms with Gasteiger partial charge in [-0.05, 0) is 81.6 Å². The number of fused-ring (bicyclic) bond motifs is 5. The van der Waals surface area contributed by atoms with Gasteiger partial charge in [0.2, 0.25) is 0 Å². The van der Waals surface area contributed by atoms with Crippen molar-refractivity contribution < 1.29 is 74.1 Å². The van der Waals surface area contributed by atoms with Gasteiger partial charge >= 0.3 is 5.97 Å². The maximum Gasteiger partial charge on any atom is 0.331 e. The number of ether oxygens (including phenoxy) is 5. The van der Waals surface area contributed by atoms with Crippen LogP contribution in [0.25, 0.3) is 0 Å². The predicted molar refractivity (Wildman–Crippen MR) is 167 cm³/mol. The molecule has 0 bridgehead atoms. The van der Waals surface area contributed by atoms with Crippen molar-refractivity contribution in [1.29, 1.82) is 0 Å². The Morgan fingerprint density at radius 1 is 0.920 bits per heavy atom. The number of carbonyl (C=O) groups is 2. The van der Waals surface area contributed by atoms with Crippen molar-refractivity contribution >= 4 is 12.3 Å². The lowest BCUT2D eigenvalue weighted by Crippen LogP contribution is -2.67. The largest absolute Gasteiger partial charge is 0.458 e. The number of carbonyl (C=O) groups excluding carboxylic acids is 2. The van der Waals surface area contributed by atoms with Gasteiger partial charge in [-0.2, -0.15) is 0 Å². The van der Waals surface area contributed by atoms with Crippen molar-refractivity contribution in [2.45, 2.75) is 144 Å². The molecular weight excluding hydrogens is 660 g/mol. The van der Waals surface area contributed by atoms with E-state index in [4.69, 9.17) is 23.7 Å². The summed E-state index contributed by atoms with van der Waals surface area (Å²) in [7, 11) is 0. The van der Waals surface area contributed by atoms with Crippen molar-refractivity contribution in [1.82, 2.24) is 0 Å². The predicted octanol–water partition coefficient (Wildman–Crippen LogP) is -1.57. The van der Waals surface area contributed by atoms with Crippen molar-refractivity contribution in [3.8, 4) is 0 Å². The van der Waals surface area contributed by atoms with Crippen molar-refractivity contribution in [2.75, 3.05) is 13.2 Å². The van der Waals surface area contributed by atoms with Gasteiger partial charge in [-0.1, -0.05) is 6.92 Å². The molecule has 19 atom stereocenters. The quantitative estimate of drug-likeness (QED) is 0.0845. The van der Waals surface area contributed by atoms with E-state index in [9.17, 15) is 50.4 Å². The lowest BCUT2D eigenvalue weighted by molar-refractivity contribution is -0.360. The van der Waals surface area contributed by atoms with E-state index in [1.165, 1.54) is 6.08 Å². The van der Waals surface area contributed by atoms with Gasteiger partial charge in [0.25, 0.3) is 0 Å². The van der Waals surface area contributed by atoms with E-state index in [0.29, 0.717) is 51.4 Å². The molecule has 0 aromatic rings. The normalized spacial score (nSPS) is 55.0. The first-order chi connectivity index (χ1) is 23.7. The highest BCUT2D eigenvalue weighted by molar-refractivity contribution is 5.85. The number of aliphatic hydroxyl groups is 8. The second-order valence-corrected chi connectivity index (χ2v) is 16.2. The fraction of sp³-hybridized carbons (Fsp3) is 0.886. The number of hydrogen-bond acceptors (Lipinski definition) is 15. The van der Waals surface area contributed by atoms with Crippen LogP contribution in [0.2, 0.25) is 0 Å². The van der Waals surface area contributed by atoms with Crippen LogP contribution in [0.5, 0.6) is 0 Å². The Hall–Kier alpha value is -1.60. The monoisotopic (exact) mass is 712 g/mol. The van der Waals surface area contributed by atoms with Crippen LogP contribution in [0.1, 0.15) is 65.2 Å². The second kappa shape index (κ2) is 13.4. The zero-order chi connectivity index (χ0) is 35.9. The average Bonchev–Trinajstić information content (AvgIpc) is 3.64. The molecule has 2 saturated heterocycles. The minimum absolute atomic E-state index is 0.106. The van der Waals surface area contributed by atoms with Crippen molar-refractivity contribution in [2.24, 2.45) is 34.5 Å². The summed E-state index contributed by atoms with van der Waals surface area (Å²) in [6.45, 7) is 3.12. The van der Waals surface area contributed by atoms with Crippen LogP contribution < -0.4 is 0 Å². The lowest BCUT2D eigenvalue weighted by atomic mass is 9.42. The van der Waals surface area contributed by atoms with E-state index in [1.54, 1.807) is 6.92 Å². The minimum atomic E-state index is -1.70. The Kier molecular flexibility index (Phi) is 9.82. The van der Waals surface area contributed by atoms with Gasteiger partial charge in [0.15, 0.2) is 12.6 Å². The summed E-state index contributed by atoms with van der Waals surface area (Å²) >= 11 is 0. The molecule has 0 aromatic carbocycles. The van der Waals surface area contributed by atoms with Gasteiger partial charge in [-0.3, -0.25) is 0 Å². The zero-order valence-corrected chi connectivity index (χ0v) is 28.4. The first kappa shape index (κ1) is 36.7. The molecule has 0 aromatic heterocycles. The van der Waals surface area contributed by atoms with Crippen LogP contribution >= 0.6 is 0 Å². The molecule has 15 heteroatoms. The van der Waals surface area contributed by atoms with Gasteiger partial charge in [-0.25, -0.2) is 4.79 Å². The van der Waals surface area contributed by atoms with Crippen molar-refractivity contribution in [3.63, 3.8) is 0 Å². The van der Waals surface area contributed by atoms with Crippen LogP contribution in [0.3, 0.4) is 0 Å². The van der Waals surface area contributed by atoms with Crippen LogP contribution in [0.4, 0.5) is 0 Å². The summed E-state index contributed by atoms with van der Waals surface area (Å²) in [5.41, 5.74) is -1.83. The maximum absolute atomic E-state index is 13.2. The molecule has 0 unspecified atom stereocenters.